The summed E-state index contributed by atoms with van der Waals surface area (Å²) in [5, 5.41) is 11.5. The third kappa shape index (κ3) is 3.22. The molecule has 1 aromatic carbocycles. The molecule has 0 saturated heterocycles. The lowest BCUT2D eigenvalue weighted by atomic mass is 9.95. The molecular formula is C18H25N3O. The van der Waals surface area contributed by atoms with Gasteiger partial charge < -0.3 is 15.4 Å². The first-order valence-corrected chi connectivity index (χ1v) is 7.52. The minimum Gasteiger partial charge on any atom is -0.399 e. The summed E-state index contributed by atoms with van der Waals surface area (Å²) < 4.78 is 2.14. The molecule has 0 radical (unpaired) electrons. The number of fused-ring (bicyclic) bond motifs is 3. The SMILES string of the molecule is CC(C)C(C)(C)O.Cn1c2ccncc2c2ccc(N)cc21. The summed E-state index contributed by atoms with van der Waals surface area (Å²) in [6.07, 6.45) is 3.71. The highest BCUT2D eigenvalue weighted by Gasteiger charge is 2.16. The zero-order valence-corrected chi connectivity index (χ0v) is 14.0. The van der Waals surface area contributed by atoms with E-state index in [0.717, 1.165) is 11.2 Å². The van der Waals surface area contributed by atoms with Crippen LogP contribution in [0.5, 0.6) is 0 Å². The first-order valence-electron chi connectivity index (χ1n) is 7.52. The van der Waals surface area contributed by atoms with Gasteiger partial charge in [-0.05, 0) is 38.0 Å². The lowest BCUT2D eigenvalue weighted by Crippen LogP contribution is -2.25. The third-order valence-electron chi connectivity index (χ3n) is 4.25. The van der Waals surface area contributed by atoms with Crippen LogP contribution < -0.4 is 5.73 Å². The molecule has 0 saturated carbocycles. The number of pyridine rings is 1. The van der Waals surface area contributed by atoms with E-state index < -0.39 is 5.60 Å². The Hall–Kier alpha value is -2.07. The van der Waals surface area contributed by atoms with Gasteiger partial charge in [0, 0.05) is 35.9 Å². The van der Waals surface area contributed by atoms with E-state index in [1.165, 1.54) is 16.3 Å². The van der Waals surface area contributed by atoms with Crippen molar-refractivity contribution in [2.75, 3.05) is 5.73 Å². The van der Waals surface area contributed by atoms with E-state index in [0.29, 0.717) is 5.92 Å². The second kappa shape index (κ2) is 5.97. The maximum Gasteiger partial charge on any atom is 0.0614 e. The number of rotatable bonds is 1. The second-order valence-electron chi connectivity index (χ2n) is 6.54. The Morgan fingerprint density at radius 1 is 1.14 bits per heavy atom. The van der Waals surface area contributed by atoms with Crippen molar-refractivity contribution >= 4 is 27.5 Å². The van der Waals surface area contributed by atoms with Crippen LogP contribution in [0.25, 0.3) is 21.8 Å². The first-order chi connectivity index (χ1) is 10.2. The number of nitrogens with two attached hydrogens (primary N) is 1. The number of aromatic nitrogens is 2. The molecule has 22 heavy (non-hydrogen) atoms. The summed E-state index contributed by atoms with van der Waals surface area (Å²) in [5.41, 5.74) is 8.42. The Morgan fingerprint density at radius 3 is 2.36 bits per heavy atom. The van der Waals surface area contributed by atoms with Crippen molar-refractivity contribution in [3.05, 3.63) is 36.7 Å². The Bertz CT molecular complexity index is 782. The first kappa shape index (κ1) is 16.3. The minimum absolute atomic E-state index is 0.354. The van der Waals surface area contributed by atoms with Crippen molar-refractivity contribution < 1.29 is 5.11 Å². The molecule has 4 heteroatoms. The number of benzene rings is 1. The molecule has 0 fully saturated rings. The fourth-order valence-corrected chi connectivity index (χ4v) is 2.07. The van der Waals surface area contributed by atoms with Crippen LogP contribution >= 0.6 is 0 Å². The molecule has 0 spiro atoms. The number of aliphatic hydroxyl groups is 1. The number of aryl methyl sites for hydroxylation is 1. The molecule has 4 nitrogen and oxygen atoms in total. The molecule has 3 aromatic rings. The normalized spacial score (nSPS) is 11.8. The number of hydrogen-bond donors (Lipinski definition) is 2. The maximum absolute atomic E-state index is 9.09. The lowest BCUT2D eigenvalue weighted by molar-refractivity contribution is 0.0327. The van der Waals surface area contributed by atoms with Crippen LogP contribution in [-0.4, -0.2) is 20.3 Å². The molecule has 118 valence electrons. The van der Waals surface area contributed by atoms with E-state index in [9.17, 15) is 0 Å². The molecule has 2 heterocycles. The maximum atomic E-state index is 9.09. The van der Waals surface area contributed by atoms with Gasteiger partial charge in [0.15, 0.2) is 0 Å². The van der Waals surface area contributed by atoms with Gasteiger partial charge in [-0.15, -0.1) is 0 Å². The summed E-state index contributed by atoms with van der Waals surface area (Å²) in [6.45, 7) is 7.63. The lowest BCUT2D eigenvalue weighted by Gasteiger charge is -2.21. The molecule has 0 aliphatic rings. The van der Waals surface area contributed by atoms with Crippen LogP contribution in [0.1, 0.15) is 27.7 Å². The van der Waals surface area contributed by atoms with E-state index in [-0.39, 0.29) is 0 Å². The summed E-state index contributed by atoms with van der Waals surface area (Å²) in [7, 11) is 2.05. The van der Waals surface area contributed by atoms with E-state index in [1.807, 2.05) is 65.3 Å². The van der Waals surface area contributed by atoms with Gasteiger partial charge in [-0.3, -0.25) is 4.98 Å². The number of nitrogen functional groups attached to an aromatic ring is 1. The Balaban J connectivity index is 0.000000217. The molecule has 0 atom stereocenters. The van der Waals surface area contributed by atoms with E-state index in [4.69, 9.17) is 10.8 Å². The van der Waals surface area contributed by atoms with Crippen molar-refractivity contribution in [3.63, 3.8) is 0 Å². The fraction of sp³-hybridized carbons (Fsp3) is 0.389. The minimum atomic E-state index is -0.500. The van der Waals surface area contributed by atoms with Crippen molar-refractivity contribution in [3.8, 4) is 0 Å². The number of anilines is 1. The summed E-state index contributed by atoms with van der Waals surface area (Å²) in [6, 6.07) is 7.99. The summed E-state index contributed by atoms with van der Waals surface area (Å²) in [5.74, 6) is 0.354. The van der Waals surface area contributed by atoms with Crippen molar-refractivity contribution in [2.45, 2.75) is 33.3 Å². The van der Waals surface area contributed by atoms with Gasteiger partial charge in [-0.1, -0.05) is 19.9 Å². The molecule has 0 amide bonds. The number of nitrogens with zero attached hydrogens (tertiary/aromatic N) is 2. The highest BCUT2D eigenvalue weighted by atomic mass is 16.3. The van der Waals surface area contributed by atoms with Crippen molar-refractivity contribution in [1.82, 2.24) is 9.55 Å². The van der Waals surface area contributed by atoms with Crippen molar-refractivity contribution in [2.24, 2.45) is 13.0 Å². The average Bonchev–Trinajstić information content (AvgIpc) is 2.72. The smallest absolute Gasteiger partial charge is 0.0614 e. The molecule has 0 aliphatic heterocycles. The average molecular weight is 299 g/mol. The molecule has 2 aromatic heterocycles. The van der Waals surface area contributed by atoms with Crippen LogP contribution in [0.2, 0.25) is 0 Å². The standard InChI is InChI=1S/C12H11N3.C6H14O/c1-15-11-4-5-14-7-10(11)9-3-2-8(13)6-12(9)15;1-5(2)6(3,4)7/h2-7H,13H2,1H3;5,7H,1-4H3. The zero-order valence-electron chi connectivity index (χ0n) is 14.0. The zero-order chi connectivity index (χ0) is 16.5. The molecular weight excluding hydrogens is 274 g/mol. The molecule has 3 N–H and O–H groups in total. The van der Waals surface area contributed by atoms with Crippen LogP contribution in [-0.2, 0) is 7.05 Å². The quantitative estimate of drug-likeness (QED) is 0.673. The summed E-state index contributed by atoms with van der Waals surface area (Å²) >= 11 is 0. The number of hydrogen-bond acceptors (Lipinski definition) is 3. The van der Waals surface area contributed by atoms with Crippen LogP contribution in [0.15, 0.2) is 36.7 Å². The van der Waals surface area contributed by atoms with E-state index in [2.05, 4.69) is 15.6 Å². The van der Waals surface area contributed by atoms with E-state index >= 15 is 0 Å². The largest absolute Gasteiger partial charge is 0.399 e. The Labute approximate surface area is 131 Å². The predicted molar refractivity (Wildman–Crippen MR) is 93.8 cm³/mol. The second-order valence-corrected chi connectivity index (χ2v) is 6.54. The molecule has 0 bridgehead atoms. The highest BCUT2D eigenvalue weighted by molar-refractivity contribution is 6.08. The highest BCUT2D eigenvalue weighted by Crippen LogP contribution is 2.28. The Kier molecular flexibility index (Phi) is 4.42. The van der Waals surface area contributed by atoms with Crippen molar-refractivity contribution in [1.29, 1.82) is 0 Å². The van der Waals surface area contributed by atoms with Gasteiger partial charge in [0.1, 0.15) is 0 Å². The van der Waals surface area contributed by atoms with Gasteiger partial charge in [0.25, 0.3) is 0 Å². The molecule has 3 rings (SSSR count). The summed E-state index contributed by atoms with van der Waals surface area (Å²) in [4.78, 5) is 4.15. The van der Waals surface area contributed by atoms with Gasteiger partial charge in [-0.2, -0.15) is 0 Å². The monoisotopic (exact) mass is 299 g/mol. The van der Waals surface area contributed by atoms with Gasteiger partial charge in [-0.25, -0.2) is 0 Å². The third-order valence-corrected chi connectivity index (χ3v) is 4.25. The van der Waals surface area contributed by atoms with E-state index in [1.54, 1.807) is 0 Å². The van der Waals surface area contributed by atoms with Crippen LogP contribution in [0, 0.1) is 5.92 Å². The van der Waals surface area contributed by atoms with Crippen LogP contribution in [0.3, 0.4) is 0 Å². The van der Waals surface area contributed by atoms with Crippen LogP contribution in [0.4, 0.5) is 5.69 Å². The predicted octanol–water partition coefficient (Wildman–Crippen LogP) is 3.72. The topological polar surface area (TPSA) is 64.1 Å². The van der Waals surface area contributed by atoms with Gasteiger partial charge in [0.05, 0.1) is 16.6 Å². The molecule has 0 unspecified atom stereocenters. The van der Waals surface area contributed by atoms with Gasteiger partial charge >= 0.3 is 0 Å². The van der Waals surface area contributed by atoms with Gasteiger partial charge in [0.2, 0.25) is 0 Å². The molecule has 0 aliphatic carbocycles. The Morgan fingerprint density at radius 2 is 1.77 bits per heavy atom. The fourth-order valence-electron chi connectivity index (χ4n) is 2.07.